The number of thiazole rings is 1. The second-order valence-electron chi connectivity index (χ2n) is 5.25. The number of benzene rings is 1. The van der Waals surface area contributed by atoms with E-state index in [1.165, 1.54) is 24.3 Å². The summed E-state index contributed by atoms with van der Waals surface area (Å²) in [4.78, 5) is 20.4. The molecule has 0 aliphatic carbocycles. The monoisotopic (exact) mass is 427 g/mol. The van der Waals surface area contributed by atoms with E-state index in [0.717, 1.165) is 6.07 Å². The molecule has 1 atom stereocenters. The van der Waals surface area contributed by atoms with Crippen LogP contribution in [0.2, 0.25) is 0 Å². The van der Waals surface area contributed by atoms with Crippen molar-refractivity contribution >= 4 is 39.1 Å². The summed E-state index contributed by atoms with van der Waals surface area (Å²) in [7, 11) is 0. The number of aromatic nitrogens is 1. The molecule has 0 bridgehead atoms. The SMILES string of the molecule is Cc1c([C@@H]2N=C(c3nccs3)NC(CBr)=C2C(=O)O)ccc(F)c1F. The average Bonchev–Trinajstić information content (AvgIpc) is 3.13. The fourth-order valence-electron chi connectivity index (χ4n) is 2.59. The van der Waals surface area contributed by atoms with Crippen LogP contribution in [0.5, 0.6) is 0 Å². The maximum atomic E-state index is 14.0. The number of hydrogen-bond donors (Lipinski definition) is 2. The van der Waals surface area contributed by atoms with E-state index in [-0.39, 0.29) is 16.5 Å². The van der Waals surface area contributed by atoms with Gasteiger partial charge in [-0.2, -0.15) is 0 Å². The number of amidine groups is 1. The number of rotatable bonds is 4. The van der Waals surface area contributed by atoms with Gasteiger partial charge < -0.3 is 10.4 Å². The Bertz CT molecular complexity index is 897. The molecule has 0 saturated heterocycles. The van der Waals surface area contributed by atoms with Crippen molar-refractivity contribution < 1.29 is 18.7 Å². The average molecular weight is 428 g/mol. The number of alkyl halides is 1. The number of allylic oxidation sites excluding steroid dienone is 1. The zero-order valence-electron chi connectivity index (χ0n) is 12.9. The molecule has 130 valence electrons. The van der Waals surface area contributed by atoms with Gasteiger partial charge in [0.2, 0.25) is 0 Å². The Balaban J connectivity index is 2.20. The Hall–Kier alpha value is -2.13. The Kier molecular flexibility index (Phi) is 4.96. The van der Waals surface area contributed by atoms with Crippen LogP contribution >= 0.6 is 27.3 Å². The van der Waals surface area contributed by atoms with Crippen LogP contribution in [0.15, 0.2) is 40.0 Å². The molecule has 1 aliphatic heterocycles. The van der Waals surface area contributed by atoms with Gasteiger partial charge in [-0.25, -0.2) is 18.6 Å². The smallest absolute Gasteiger partial charge is 0.335 e. The molecular formula is C16H12BrF2N3O2S. The first-order valence-corrected chi connectivity index (χ1v) is 9.15. The number of carboxylic acids is 1. The van der Waals surface area contributed by atoms with E-state index in [9.17, 15) is 18.7 Å². The molecule has 1 aromatic carbocycles. The predicted molar refractivity (Wildman–Crippen MR) is 94.1 cm³/mol. The minimum atomic E-state index is -1.18. The molecule has 1 aromatic heterocycles. The van der Waals surface area contributed by atoms with E-state index in [0.29, 0.717) is 22.1 Å². The van der Waals surface area contributed by atoms with Gasteiger partial charge in [0.15, 0.2) is 22.5 Å². The van der Waals surface area contributed by atoms with Crippen molar-refractivity contribution in [3.8, 4) is 0 Å². The van der Waals surface area contributed by atoms with Crippen LogP contribution < -0.4 is 5.32 Å². The summed E-state index contributed by atoms with van der Waals surface area (Å²) >= 11 is 4.60. The van der Waals surface area contributed by atoms with Gasteiger partial charge in [0, 0.05) is 22.6 Å². The lowest BCUT2D eigenvalue weighted by molar-refractivity contribution is -0.133. The van der Waals surface area contributed by atoms with Gasteiger partial charge in [0.05, 0.1) is 5.57 Å². The highest BCUT2D eigenvalue weighted by atomic mass is 79.9. The second kappa shape index (κ2) is 7.01. The highest BCUT2D eigenvalue weighted by Gasteiger charge is 2.33. The maximum Gasteiger partial charge on any atom is 0.335 e. The zero-order valence-corrected chi connectivity index (χ0v) is 15.3. The van der Waals surface area contributed by atoms with Crippen LogP contribution in [0.1, 0.15) is 22.2 Å². The van der Waals surface area contributed by atoms with Gasteiger partial charge in [0.25, 0.3) is 0 Å². The lowest BCUT2D eigenvalue weighted by Crippen LogP contribution is -2.34. The van der Waals surface area contributed by atoms with Crippen LogP contribution in [-0.4, -0.2) is 27.2 Å². The summed E-state index contributed by atoms with van der Waals surface area (Å²) in [6.07, 6.45) is 1.60. The van der Waals surface area contributed by atoms with E-state index in [2.05, 4.69) is 31.2 Å². The van der Waals surface area contributed by atoms with Crippen LogP contribution in [0, 0.1) is 18.6 Å². The molecule has 0 unspecified atom stereocenters. The van der Waals surface area contributed by atoms with Gasteiger partial charge in [-0.3, -0.25) is 4.99 Å². The highest BCUT2D eigenvalue weighted by Crippen LogP contribution is 2.35. The van der Waals surface area contributed by atoms with E-state index in [1.807, 2.05) is 0 Å². The van der Waals surface area contributed by atoms with Gasteiger partial charge in [-0.05, 0) is 24.1 Å². The van der Waals surface area contributed by atoms with Gasteiger partial charge >= 0.3 is 5.97 Å². The topological polar surface area (TPSA) is 74.6 Å². The van der Waals surface area contributed by atoms with Crippen molar-refractivity contribution in [3.05, 3.63) is 62.7 Å². The number of carbonyl (C=O) groups is 1. The number of carboxylic acid groups (broad SMARTS) is 1. The van der Waals surface area contributed by atoms with Crippen molar-refractivity contribution in [2.75, 3.05) is 5.33 Å². The Morgan fingerprint density at radius 2 is 2.20 bits per heavy atom. The van der Waals surface area contributed by atoms with E-state index >= 15 is 0 Å². The molecule has 2 heterocycles. The molecule has 0 radical (unpaired) electrons. The molecule has 2 N–H and O–H groups in total. The third-order valence-corrected chi connectivity index (χ3v) is 5.14. The molecule has 0 spiro atoms. The quantitative estimate of drug-likeness (QED) is 0.731. The highest BCUT2D eigenvalue weighted by molar-refractivity contribution is 9.09. The number of nitrogens with zero attached hydrogens (tertiary/aromatic N) is 2. The molecule has 2 aromatic rings. The number of hydrogen-bond acceptors (Lipinski definition) is 5. The molecule has 5 nitrogen and oxygen atoms in total. The molecule has 3 rings (SSSR count). The van der Waals surface area contributed by atoms with Crippen molar-refractivity contribution in [2.45, 2.75) is 13.0 Å². The number of nitrogens with one attached hydrogen (secondary N) is 1. The lowest BCUT2D eigenvalue weighted by Gasteiger charge is -2.26. The summed E-state index contributed by atoms with van der Waals surface area (Å²) < 4.78 is 27.5. The minimum absolute atomic E-state index is 0.0220. The Morgan fingerprint density at radius 3 is 2.80 bits per heavy atom. The van der Waals surface area contributed by atoms with Crippen LogP contribution in [-0.2, 0) is 4.79 Å². The second-order valence-corrected chi connectivity index (χ2v) is 6.70. The largest absolute Gasteiger partial charge is 0.478 e. The maximum absolute atomic E-state index is 14.0. The van der Waals surface area contributed by atoms with Crippen LogP contribution in [0.4, 0.5) is 8.78 Å². The van der Waals surface area contributed by atoms with Crippen LogP contribution in [0.25, 0.3) is 0 Å². The first-order valence-electron chi connectivity index (χ1n) is 7.15. The standard InChI is InChI=1S/C16H12BrF2N3O2S/c1-7-8(2-3-9(18)12(7)19)13-11(16(23)24)10(6-17)21-14(22-13)15-20-4-5-25-15/h2-5,13H,6H2,1H3,(H,21,22)(H,23,24)/t13-/m0/s1. The van der Waals surface area contributed by atoms with E-state index in [1.54, 1.807) is 11.6 Å². The van der Waals surface area contributed by atoms with Crippen LogP contribution in [0.3, 0.4) is 0 Å². The van der Waals surface area contributed by atoms with Crippen molar-refractivity contribution in [1.29, 1.82) is 0 Å². The lowest BCUT2D eigenvalue weighted by atomic mass is 9.92. The molecule has 25 heavy (non-hydrogen) atoms. The minimum Gasteiger partial charge on any atom is -0.478 e. The number of aliphatic carboxylic acids is 1. The molecule has 0 saturated carbocycles. The number of halogens is 3. The molecule has 0 amide bonds. The van der Waals surface area contributed by atoms with E-state index < -0.39 is 23.6 Å². The summed E-state index contributed by atoms with van der Waals surface area (Å²) in [5.74, 6) is -2.78. The summed E-state index contributed by atoms with van der Waals surface area (Å²) in [6.45, 7) is 1.40. The first-order chi connectivity index (χ1) is 11.9. The van der Waals surface area contributed by atoms with E-state index in [4.69, 9.17) is 0 Å². The fourth-order valence-corrected chi connectivity index (χ4v) is 3.62. The molecular weight excluding hydrogens is 416 g/mol. The zero-order chi connectivity index (χ0) is 18.1. The summed E-state index contributed by atoms with van der Waals surface area (Å²) in [5.41, 5.74) is 0.695. The third kappa shape index (κ3) is 3.21. The molecule has 1 aliphatic rings. The Morgan fingerprint density at radius 1 is 1.44 bits per heavy atom. The Labute approximate surface area is 154 Å². The van der Waals surface area contributed by atoms with Gasteiger partial charge in [-0.15, -0.1) is 11.3 Å². The number of aliphatic imine (C=N–C) groups is 1. The van der Waals surface area contributed by atoms with Gasteiger partial charge in [0.1, 0.15) is 6.04 Å². The molecule has 9 heteroatoms. The van der Waals surface area contributed by atoms with Gasteiger partial charge in [-0.1, -0.05) is 22.0 Å². The fraction of sp³-hybridized carbons (Fsp3) is 0.188. The molecule has 0 fully saturated rings. The third-order valence-electron chi connectivity index (χ3n) is 3.80. The first kappa shape index (κ1) is 17.7. The summed E-state index contributed by atoms with van der Waals surface area (Å²) in [6, 6.07) is 1.37. The van der Waals surface area contributed by atoms with Crippen molar-refractivity contribution in [1.82, 2.24) is 10.3 Å². The predicted octanol–water partition coefficient (Wildman–Crippen LogP) is 3.55. The summed E-state index contributed by atoms with van der Waals surface area (Å²) in [5, 5.41) is 15.2. The van der Waals surface area contributed by atoms with Crippen molar-refractivity contribution in [2.24, 2.45) is 4.99 Å². The normalized spacial score (nSPS) is 17.3. The van der Waals surface area contributed by atoms with Crippen molar-refractivity contribution in [3.63, 3.8) is 0 Å².